The summed E-state index contributed by atoms with van der Waals surface area (Å²) in [6.45, 7) is 4.12. The van der Waals surface area contributed by atoms with E-state index in [0.29, 0.717) is 0 Å². The Morgan fingerprint density at radius 2 is 1.74 bits per heavy atom. The molecule has 1 heterocycles. The number of aliphatic carboxylic acids is 1. The van der Waals surface area contributed by atoms with Crippen molar-refractivity contribution >= 4 is 52.5 Å². The van der Waals surface area contributed by atoms with Gasteiger partial charge in [-0.15, -0.1) is 0 Å². The van der Waals surface area contributed by atoms with Gasteiger partial charge in [0.15, 0.2) is 0 Å². The van der Waals surface area contributed by atoms with Crippen molar-refractivity contribution in [3.8, 4) is 11.1 Å². The molecule has 31 heavy (non-hydrogen) atoms. The Morgan fingerprint density at radius 3 is 2.35 bits per heavy atom. The molecular formula is C24H27FNNaO4. The van der Waals surface area contributed by atoms with Gasteiger partial charge in [0.1, 0.15) is 5.82 Å². The molecule has 0 aliphatic heterocycles. The molecule has 2 atom stereocenters. The summed E-state index contributed by atoms with van der Waals surface area (Å²) in [6, 6.07) is 14.4. The first-order chi connectivity index (χ1) is 14.3. The molecule has 0 aliphatic rings. The fraction of sp³-hybridized carbons (Fsp3) is 0.292. The third-order valence-corrected chi connectivity index (χ3v) is 5.00. The molecule has 0 bridgehead atoms. The van der Waals surface area contributed by atoms with Gasteiger partial charge in [0.05, 0.1) is 18.6 Å². The van der Waals surface area contributed by atoms with Crippen LogP contribution in [0.4, 0.5) is 4.39 Å². The van der Waals surface area contributed by atoms with Crippen LogP contribution in [-0.2, 0) is 4.79 Å². The first-order valence-electron chi connectivity index (χ1n) is 9.93. The van der Waals surface area contributed by atoms with Crippen LogP contribution in [0, 0.1) is 5.82 Å². The maximum absolute atomic E-state index is 13.5. The van der Waals surface area contributed by atoms with Crippen LogP contribution in [0.15, 0.2) is 54.6 Å². The topological polar surface area (TPSA) is 82.7 Å². The molecule has 3 aromatic rings. The quantitative estimate of drug-likeness (QED) is 0.468. The van der Waals surface area contributed by atoms with Crippen LogP contribution in [0.2, 0.25) is 0 Å². The number of carboxylic acid groups (broad SMARTS) is 1. The van der Waals surface area contributed by atoms with Gasteiger partial charge in [-0.2, -0.15) is 0 Å². The molecular weight excluding hydrogens is 408 g/mol. The minimum atomic E-state index is -1.13. The van der Waals surface area contributed by atoms with E-state index in [1.807, 2.05) is 24.3 Å². The van der Waals surface area contributed by atoms with Crippen LogP contribution in [0.3, 0.4) is 0 Å². The molecule has 2 aromatic carbocycles. The number of aliphatic hydroxyl groups excluding tert-OH is 2. The van der Waals surface area contributed by atoms with Crippen LogP contribution in [0.5, 0.6) is 0 Å². The first kappa shape index (κ1) is 25.3. The molecule has 5 nitrogen and oxygen atoms in total. The fourth-order valence-corrected chi connectivity index (χ4v) is 3.77. The monoisotopic (exact) mass is 435 g/mol. The summed E-state index contributed by atoms with van der Waals surface area (Å²) >= 11 is 0. The summed E-state index contributed by atoms with van der Waals surface area (Å²) in [5, 5.41) is 29.9. The Hall–Kier alpha value is -1.96. The van der Waals surface area contributed by atoms with E-state index in [4.69, 9.17) is 5.11 Å². The number of nitrogens with zero attached hydrogens (tertiary/aromatic N) is 1. The number of fused-ring (bicyclic) bond motifs is 1. The van der Waals surface area contributed by atoms with Gasteiger partial charge in [-0.25, -0.2) is 4.39 Å². The van der Waals surface area contributed by atoms with Crippen molar-refractivity contribution in [2.24, 2.45) is 0 Å². The molecule has 0 fully saturated rings. The van der Waals surface area contributed by atoms with E-state index in [2.05, 4.69) is 18.4 Å². The summed E-state index contributed by atoms with van der Waals surface area (Å²) in [7, 11) is 0. The molecule has 1 aromatic heterocycles. The average molecular weight is 435 g/mol. The second-order valence-corrected chi connectivity index (χ2v) is 7.66. The van der Waals surface area contributed by atoms with Crippen LogP contribution < -0.4 is 0 Å². The Morgan fingerprint density at radius 1 is 1.10 bits per heavy atom. The van der Waals surface area contributed by atoms with Crippen molar-refractivity contribution in [1.29, 1.82) is 0 Å². The van der Waals surface area contributed by atoms with Crippen molar-refractivity contribution < 1.29 is 24.5 Å². The number of rotatable bonds is 8. The number of benzene rings is 2. The summed E-state index contributed by atoms with van der Waals surface area (Å²) in [4.78, 5) is 10.7. The summed E-state index contributed by atoms with van der Waals surface area (Å²) in [6.07, 6.45) is 0.727. The van der Waals surface area contributed by atoms with Gasteiger partial charge >= 0.3 is 35.5 Å². The van der Waals surface area contributed by atoms with Crippen LogP contribution in [0.1, 0.15) is 38.4 Å². The molecule has 0 unspecified atom stereocenters. The number of halogens is 1. The van der Waals surface area contributed by atoms with Crippen molar-refractivity contribution in [3.63, 3.8) is 0 Å². The normalized spacial score (nSPS) is 13.5. The summed E-state index contributed by atoms with van der Waals surface area (Å²) < 4.78 is 15.6. The Balaban J connectivity index is 0.00000341. The zero-order valence-corrected chi connectivity index (χ0v) is 17.0. The molecule has 3 rings (SSSR count). The second-order valence-electron chi connectivity index (χ2n) is 7.66. The third-order valence-electron chi connectivity index (χ3n) is 5.00. The van der Waals surface area contributed by atoms with Crippen molar-refractivity contribution in [1.82, 2.24) is 4.57 Å². The Bertz CT molecular complexity index is 1060. The van der Waals surface area contributed by atoms with Gasteiger partial charge in [-0.1, -0.05) is 36.4 Å². The van der Waals surface area contributed by atoms with Crippen LogP contribution >= 0.6 is 0 Å². The number of hydrogen-bond acceptors (Lipinski definition) is 3. The number of para-hydroxylation sites is 1. The molecule has 3 N–H and O–H groups in total. The van der Waals surface area contributed by atoms with Gasteiger partial charge in [0, 0.05) is 34.6 Å². The molecule has 0 saturated carbocycles. The third kappa shape index (κ3) is 6.05. The van der Waals surface area contributed by atoms with Gasteiger partial charge in [0.2, 0.25) is 0 Å². The average Bonchev–Trinajstić information content (AvgIpc) is 3.00. The summed E-state index contributed by atoms with van der Waals surface area (Å²) in [5.41, 5.74) is 3.65. The number of hydrogen-bond donors (Lipinski definition) is 3. The number of carbonyl (C=O) groups is 1. The zero-order valence-electron chi connectivity index (χ0n) is 17.0. The van der Waals surface area contributed by atoms with E-state index >= 15 is 0 Å². The van der Waals surface area contributed by atoms with Crippen molar-refractivity contribution in [2.45, 2.75) is 44.9 Å². The van der Waals surface area contributed by atoms with Crippen molar-refractivity contribution in [2.75, 3.05) is 0 Å². The number of aromatic nitrogens is 1. The van der Waals surface area contributed by atoms with E-state index in [9.17, 15) is 19.4 Å². The van der Waals surface area contributed by atoms with E-state index in [1.54, 1.807) is 24.3 Å². The molecule has 0 aliphatic carbocycles. The van der Waals surface area contributed by atoms with Crippen molar-refractivity contribution in [3.05, 3.63) is 66.1 Å². The van der Waals surface area contributed by atoms with Gasteiger partial charge in [-0.3, -0.25) is 4.79 Å². The molecule has 0 saturated heterocycles. The van der Waals surface area contributed by atoms with Crippen LogP contribution in [0.25, 0.3) is 28.1 Å². The van der Waals surface area contributed by atoms with E-state index in [-0.39, 0.29) is 47.8 Å². The fourth-order valence-electron chi connectivity index (χ4n) is 3.77. The van der Waals surface area contributed by atoms with E-state index in [0.717, 1.165) is 27.7 Å². The minimum absolute atomic E-state index is 0. The SMILES string of the molecule is CC(C)n1c(/C=C/[C@@H](O)C[C@@H](O)CC(=O)O)c(-c2ccc(F)cc2)c2ccccc21.[NaH]. The molecule has 0 spiro atoms. The van der Waals surface area contributed by atoms with Gasteiger partial charge in [0.25, 0.3) is 0 Å². The molecule has 0 amide bonds. The number of carboxylic acids is 1. The van der Waals surface area contributed by atoms with Crippen LogP contribution in [-0.4, -0.2) is 67.6 Å². The maximum atomic E-state index is 13.5. The molecule has 160 valence electrons. The van der Waals surface area contributed by atoms with Gasteiger partial charge < -0.3 is 19.9 Å². The van der Waals surface area contributed by atoms with E-state index in [1.165, 1.54) is 12.1 Å². The predicted molar refractivity (Wildman–Crippen MR) is 123 cm³/mol. The standard InChI is InChI=1S/C24H26FNO4.Na.H/c1-15(2)26-21-6-4-3-5-20(21)24(16-7-9-17(25)10-8-16)22(26)12-11-18(27)13-19(28)14-23(29)30;;/h3-12,15,18-19,27-28H,13-14H2,1-2H3,(H,29,30);;/b12-11+;;/t18-,19-;;/m1../s1. The second kappa shape index (κ2) is 11.1. The molecule has 7 heteroatoms. The predicted octanol–water partition coefficient (Wildman–Crippen LogP) is 3.98. The summed E-state index contributed by atoms with van der Waals surface area (Å²) in [5.74, 6) is -1.43. The Labute approximate surface area is 203 Å². The van der Waals surface area contributed by atoms with Gasteiger partial charge in [-0.05, 0) is 43.7 Å². The van der Waals surface area contributed by atoms with E-state index < -0.39 is 24.6 Å². The molecule has 0 radical (unpaired) electrons. The zero-order chi connectivity index (χ0) is 21.8. The Kier molecular flexibility index (Phi) is 9.03. The number of aliphatic hydroxyl groups is 2. The first-order valence-corrected chi connectivity index (χ1v) is 9.93.